The fraction of sp³-hybridized carbons (Fsp3) is 0.560. The van der Waals surface area contributed by atoms with Crippen LogP contribution in [0.4, 0.5) is 11.8 Å². The summed E-state index contributed by atoms with van der Waals surface area (Å²) in [5.41, 5.74) is 0.370. The van der Waals surface area contributed by atoms with Gasteiger partial charge in [-0.1, -0.05) is 40.9 Å². The number of hydrogen-bond donors (Lipinski definition) is 2. The first-order chi connectivity index (χ1) is 16.7. The summed E-state index contributed by atoms with van der Waals surface area (Å²) in [6, 6.07) is 5.82. The van der Waals surface area contributed by atoms with Crippen molar-refractivity contribution in [3.8, 4) is 0 Å². The minimum Gasteiger partial charge on any atom is -0.481 e. The molecule has 0 spiro atoms. The van der Waals surface area contributed by atoms with Gasteiger partial charge in [-0.25, -0.2) is 4.98 Å². The Hall–Kier alpha value is -1.80. The Morgan fingerprint density at radius 1 is 1.17 bits per heavy atom. The van der Waals surface area contributed by atoms with Gasteiger partial charge in [0.05, 0.1) is 11.6 Å². The van der Waals surface area contributed by atoms with Crippen LogP contribution in [0.25, 0.3) is 0 Å². The van der Waals surface area contributed by atoms with E-state index < -0.39 is 11.4 Å². The van der Waals surface area contributed by atoms with Crippen molar-refractivity contribution in [1.29, 1.82) is 0 Å². The maximum Gasteiger partial charge on any atom is 0.309 e. The lowest BCUT2D eigenvalue weighted by molar-refractivity contribution is -0.158. The van der Waals surface area contributed by atoms with Crippen LogP contribution in [0.2, 0.25) is 15.1 Å². The molecule has 10 heteroatoms. The summed E-state index contributed by atoms with van der Waals surface area (Å²) in [7, 11) is 0. The molecule has 2 aliphatic heterocycles. The molecule has 0 radical (unpaired) electrons. The molecule has 1 atom stereocenters. The van der Waals surface area contributed by atoms with Crippen molar-refractivity contribution in [1.82, 2.24) is 14.9 Å². The van der Waals surface area contributed by atoms with Gasteiger partial charge in [0, 0.05) is 42.3 Å². The highest BCUT2D eigenvalue weighted by molar-refractivity contribution is 6.35. The van der Waals surface area contributed by atoms with E-state index in [-0.39, 0.29) is 0 Å². The van der Waals surface area contributed by atoms with Gasteiger partial charge in [-0.05, 0) is 68.7 Å². The molecular weight excluding hydrogens is 509 g/mol. The lowest BCUT2D eigenvalue weighted by Gasteiger charge is -2.52. The molecule has 3 aliphatic rings. The number of nitrogens with zero attached hydrogens (tertiary/aromatic N) is 4. The number of nitrogens with one attached hydrogen (secondary N) is 1. The smallest absolute Gasteiger partial charge is 0.309 e. The highest BCUT2D eigenvalue weighted by atomic mass is 35.5. The summed E-state index contributed by atoms with van der Waals surface area (Å²) in [5, 5.41) is 14.4. The fourth-order valence-corrected chi connectivity index (χ4v) is 6.26. The monoisotopic (exact) mass is 537 g/mol. The average molecular weight is 539 g/mol. The molecule has 2 saturated heterocycles. The van der Waals surface area contributed by atoms with Gasteiger partial charge < -0.3 is 20.2 Å². The molecule has 7 nitrogen and oxygen atoms in total. The number of halogens is 3. The van der Waals surface area contributed by atoms with Gasteiger partial charge in [0.2, 0.25) is 5.95 Å². The molecule has 5 rings (SSSR count). The molecule has 2 N–H and O–H groups in total. The second kappa shape index (κ2) is 9.92. The topological polar surface area (TPSA) is 81.6 Å². The van der Waals surface area contributed by atoms with Gasteiger partial charge in [0.25, 0.3) is 0 Å². The highest BCUT2D eigenvalue weighted by Crippen LogP contribution is 2.45. The molecule has 1 aromatic carbocycles. The van der Waals surface area contributed by atoms with Gasteiger partial charge in [-0.3, -0.25) is 4.79 Å². The zero-order chi connectivity index (χ0) is 24.7. The van der Waals surface area contributed by atoms with Crippen LogP contribution >= 0.6 is 34.8 Å². The lowest BCUT2D eigenvalue weighted by atomic mass is 9.65. The number of anilines is 2. The van der Waals surface area contributed by atoms with Gasteiger partial charge in [0.15, 0.2) is 5.82 Å². The molecule has 1 saturated carbocycles. The SMILES string of the molecule is C[C@]1(C(=O)O)C[C@H](N2CCC[C@H](C3CN(c4ncc(Cl)c(NCc5ccc(Cl)cc5Cl)n4)C3)C2)C1. The van der Waals surface area contributed by atoms with Gasteiger partial charge in [0.1, 0.15) is 5.02 Å². The molecule has 35 heavy (non-hydrogen) atoms. The zero-order valence-corrected chi connectivity index (χ0v) is 22.0. The maximum atomic E-state index is 11.5. The van der Waals surface area contributed by atoms with Crippen LogP contribution < -0.4 is 10.2 Å². The first-order valence-corrected chi connectivity index (χ1v) is 13.3. The Morgan fingerprint density at radius 3 is 2.66 bits per heavy atom. The van der Waals surface area contributed by atoms with E-state index in [1.54, 1.807) is 18.3 Å². The number of aliphatic carboxylic acids is 1. The number of carboxylic acids is 1. The van der Waals surface area contributed by atoms with E-state index >= 15 is 0 Å². The molecule has 1 aliphatic carbocycles. The number of aromatic nitrogens is 2. The van der Waals surface area contributed by atoms with Crippen molar-refractivity contribution in [2.45, 2.75) is 45.2 Å². The molecule has 0 unspecified atom stereocenters. The number of carboxylic acid groups (broad SMARTS) is 1. The molecule has 0 amide bonds. The van der Waals surface area contributed by atoms with E-state index in [1.165, 1.54) is 12.8 Å². The van der Waals surface area contributed by atoms with Crippen LogP contribution in [-0.2, 0) is 11.3 Å². The van der Waals surface area contributed by atoms with Crippen molar-refractivity contribution < 1.29 is 9.90 Å². The second-order valence-electron chi connectivity index (χ2n) is 10.4. The summed E-state index contributed by atoms with van der Waals surface area (Å²) in [5.74, 6) is 1.84. The minimum absolute atomic E-state index is 0.414. The van der Waals surface area contributed by atoms with E-state index in [2.05, 4.69) is 25.1 Å². The zero-order valence-electron chi connectivity index (χ0n) is 19.7. The molecule has 188 valence electrons. The van der Waals surface area contributed by atoms with Crippen molar-refractivity contribution in [2.24, 2.45) is 17.3 Å². The van der Waals surface area contributed by atoms with Crippen LogP contribution in [0.5, 0.6) is 0 Å². The van der Waals surface area contributed by atoms with E-state index in [1.807, 2.05) is 13.0 Å². The Kier molecular flexibility index (Phi) is 7.05. The standard InChI is InChI=1S/C25H30Cl3N5O2/c1-25(23(34)35)8-19(9-25)32-6-2-3-16(12-32)17-13-33(14-17)24-30-11-21(28)22(31-24)29-10-15-4-5-18(26)7-20(15)27/h4-5,7,11,16-17,19H,2-3,6,8-10,12-14H2,1H3,(H,34,35)(H,29,30,31)/t16-,19-,25-/m0/s1. The lowest BCUT2D eigenvalue weighted by Crippen LogP contribution is -2.58. The van der Waals surface area contributed by atoms with E-state index in [9.17, 15) is 9.90 Å². The van der Waals surface area contributed by atoms with Crippen molar-refractivity contribution in [3.05, 3.63) is 45.0 Å². The van der Waals surface area contributed by atoms with Crippen molar-refractivity contribution in [3.63, 3.8) is 0 Å². The Bertz CT molecular complexity index is 1100. The van der Waals surface area contributed by atoms with E-state index in [4.69, 9.17) is 34.8 Å². The summed E-state index contributed by atoms with van der Waals surface area (Å²) < 4.78 is 0. The first kappa shape index (κ1) is 24.9. The average Bonchev–Trinajstić information content (AvgIpc) is 2.77. The Morgan fingerprint density at radius 2 is 1.94 bits per heavy atom. The molecule has 2 aromatic rings. The third kappa shape index (κ3) is 5.19. The Labute approximate surface area is 220 Å². The maximum absolute atomic E-state index is 11.5. The quantitative estimate of drug-likeness (QED) is 0.485. The number of hydrogen-bond acceptors (Lipinski definition) is 6. The van der Waals surface area contributed by atoms with Crippen molar-refractivity contribution in [2.75, 3.05) is 36.4 Å². The van der Waals surface area contributed by atoms with Crippen LogP contribution in [0, 0.1) is 17.3 Å². The molecule has 1 aromatic heterocycles. The van der Waals surface area contributed by atoms with Gasteiger partial charge >= 0.3 is 5.97 Å². The summed E-state index contributed by atoms with van der Waals surface area (Å²) in [4.78, 5) is 25.3. The summed E-state index contributed by atoms with van der Waals surface area (Å²) >= 11 is 18.6. The van der Waals surface area contributed by atoms with Crippen LogP contribution in [0.15, 0.2) is 24.4 Å². The third-order valence-corrected chi connectivity index (χ3v) is 8.81. The summed E-state index contributed by atoms with van der Waals surface area (Å²) in [6.45, 7) is 6.36. The highest BCUT2D eigenvalue weighted by Gasteiger charge is 2.49. The molecule has 3 heterocycles. The first-order valence-electron chi connectivity index (χ1n) is 12.1. The molecule has 0 bridgehead atoms. The van der Waals surface area contributed by atoms with E-state index in [0.29, 0.717) is 51.3 Å². The third-order valence-electron chi connectivity index (χ3n) is 7.95. The normalized spacial score (nSPS) is 27.3. The van der Waals surface area contributed by atoms with Crippen LogP contribution in [-0.4, -0.2) is 58.2 Å². The number of piperidine rings is 1. The second-order valence-corrected chi connectivity index (χ2v) is 11.7. The predicted molar refractivity (Wildman–Crippen MR) is 140 cm³/mol. The molecular formula is C25H30Cl3N5O2. The number of rotatable bonds is 7. The molecule has 3 fully saturated rings. The minimum atomic E-state index is -0.662. The fourth-order valence-electron chi connectivity index (χ4n) is 5.62. The largest absolute Gasteiger partial charge is 0.481 e. The number of benzene rings is 1. The van der Waals surface area contributed by atoms with Gasteiger partial charge in [-0.2, -0.15) is 4.98 Å². The number of carbonyl (C=O) groups is 1. The van der Waals surface area contributed by atoms with E-state index in [0.717, 1.165) is 44.6 Å². The van der Waals surface area contributed by atoms with Crippen LogP contribution in [0.3, 0.4) is 0 Å². The number of likely N-dealkylation sites (tertiary alicyclic amines) is 1. The van der Waals surface area contributed by atoms with Crippen LogP contribution in [0.1, 0.15) is 38.2 Å². The van der Waals surface area contributed by atoms with Gasteiger partial charge in [-0.15, -0.1) is 0 Å². The Balaban J connectivity index is 1.15. The predicted octanol–water partition coefficient (Wildman–Crippen LogP) is 5.45. The van der Waals surface area contributed by atoms with Crippen molar-refractivity contribution >= 4 is 52.5 Å². The summed E-state index contributed by atoms with van der Waals surface area (Å²) in [6.07, 6.45) is 5.58.